The molecule has 0 aliphatic carbocycles. The number of carbonyl (C=O) groups excluding carboxylic acids is 2. The van der Waals surface area contributed by atoms with Crippen molar-refractivity contribution < 1.29 is 24.2 Å². The average molecular weight is 414 g/mol. The van der Waals surface area contributed by atoms with Crippen LogP contribution in [-0.4, -0.2) is 50.5 Å². The van der Waals surface area contributed by atoms with E-state index in [4.69, 9.17) is 15.6 Å². The van der Waals surface area contributed by atoms with E-state index in [-0.39, 0.29) is 24.4 Å². The SMILES string of the molecule is CC(C)(C)OC(=O)c1cccc(CC(N)C(=O)c2nc3c([nH]2)CN[C@H](C(=O)O)C3)c1. The van der Waals surface area contributed by atoms with Gasteiger partial charge in [-0.3, -0.25) is 14.9 Å². The van der Waals surface area contributed by atoms with Gasteiger partial charge in [-0.05, 0) is 44.9 Å². The molecule has 1 aromatic carbocycles. The highest BCUT2D eigenvalue weighted by molar-refractivity contribution is 5.97. The molecule has 30 heavy (non-hydrogen) atoms. The van der Waals surface area contributed by atoms with E-state index in [1.165, 1.54) is 0 Å². The van der Waals surface area contributed by atoms with Gasteiger partial charge in [0.15, 0.2) is 5.82 Å². The molecule has 1 unspecified atom stereocenters. The Balaban J connectivity index is 1.69. The maximum absolute atomic E-state index is 12.7. The van der Waals surface area contributed by atoms with Gasteiger partial charge in [0.25, 0.3) is 0 Å². The first-order chi connectivity index (χ1) is 14.0. The molecule has 1 aliphatic heterocycles. The summed E-state index contributed by atoms with van der Waals surface area (Å²) in [4.78, 5) is 43.4. The molecule has 3 rings (SSSR count). The lowest BCUT2D eigenvalue weighted by atomic mass is 10.0. The minimum Gasteiger partial charge on any atom is -0.480 e. The van der Waals surface area contributed by atoms with Crippen molar-refractivity contribution >= 4 is 17.7 Å². The lowest BCUT2D eigenvalue weighted by Crippen LogP contribution is -2.41. The maximum Gasteiger partial charge on any atom is 0.338 e. The van der Waals surface area contributed by atoms with Crippen LogP contribution < -0.4 is 11.1 Å². The van der Waals surface area contributed by atoms with Crippen LogP contribution in [0.4, 0.5) is 0 Å². The number of esters is 1. The predicted molar refractivity (Wildman–Crippen MR) is 108 cm³/mol. The van der Waals surface area contributed by atoms with Gasteiger partial charge in [-0.2, -0.15) is 0 Å². The number of nitrogens with one attached hydrogen (secondary N) is 2. The van der Waals surface area contributed by atoms with Crippen molar-refractivity contribution in [2.75, 3.05) is 0 Å². The molecule has 0 radical (unpaired) electrons. The smallest absolute Gasteiger partial charge is 0.338 e. The fourth-order valence-electron chi connectivity index (χ4n) is 3.23. The van der Waals surface area contributed by atoms with Crippen LogP contribution >= 0.6 is 0 Å². The van der Waals surface area contributed by atoms with Crippen molar-refractivity contribution in [1.82, 2.24) is 15.3 Å². The molecule has 2 heterocycles. The van der Waals surface area contributed by atoms with Gasteiger partial charge in [-0.15, -0.1) is 0 Å². The topological polar surface area (TPSA) is 147 Å². The number of aromatic amines is 1. The number of aromatic nitrogens is 2. The Bertz CT molecular complexity index is 976. The van der Waals surface area contributed by atoms with Crippen LogP contribution in [0.15, 0.2) is 24.3 Å². The van der Waals surface area contributed by atoms with E-state index in [2.05, 4.69) is 15.3 Å². The number of imidazole rings is 1. The number of hydrogen-bond donors (Lipinski definition) is 4. The number of carboxylic acid groups (broad SMARTS) is 1. The lowest BCUT2D eigenvalue weighted by Gasteiger charge is -2.19. The monoisotopic (exact) mass is 414 g/mol. The normalized spacial score (nSPS) is 17.1. The second kappa shape index (κ2) is 8.37. The quantitative estimate of drug-likeness (QED) is 0.407. The van der Waals surface area contributed by atoms with Crippen molar-refractivity contribution in [2.45, 2.75) is 57.8 Å². The number of rotatable bonds is 6. The lowest BCUT2D eigenvalue weighted by molar-refractivity contribution is -0.139. The zero-order chi connectivity index (χ0) is 22.1. The molecule has 9 heteroatoms. The van der Waals surface area contributed by atoms with Gasteiger partial charge in [0.1, 0.15) is 11.6 Å². The number of nitrogens with zero attached hydrogens (tertiary/aromatic N) is 1. The summed E-state index contributed by atoms with van der Waals surface area (Å²) in [6.45, 7) is 5.67. The largest absolute Gasteiger partial charge is 0.480 e. The summed E-state index contributed by atoms with van der Waals surface area (Å²) in [5, 5.41) is 12.0. The molecule has 0 bridgehead atoms. The molecule has 0 saturated carbocycles. The first kappa shape index (κ1) is 21.7. The summed E-state index contributed by atoms with van der Waals surface area (Å²) < 4.78 is 5.37. The summed E-state index contributed by atoms with van der Waals surface area (Å²) in [5.74, 6) is -1.66. The van der Waals surface area contributed by atoms with E-state index in [9.17, 15) is 14.4 Å². The summed E-state index contributed by atoms with van der Waals surface area (Å²) in [5.41, 5.74) is 7.87. The first-order valence-electron chi connectivity index (χ1n) is 9.69. The summed E-state index contributed by atoms with van der Waals surface area (Å²) >= 11 is 0. The second-order valence-corrected chi connectivity index (χ2v) is 8.36. The number of Topliss-reactive ketones (excluding diaryl/α,β-unsaturated/α-hetero) is 1. The van der Waals surface area contributed by atoms with Crippen LogP contribution in [0.1, 0.15) is 58.7 Å². The highest BCUT2D eigenvalue weighted by Gasteiger charge is 2.29. The van der Waals surface area contributed by atoms with E-state index in [1.807, 2.05) is 0 Å². The van der Waals surface area contributed by atoms with Crippen molar-refractivity contribution in [3.63, 3.8) is 0 Å². The number of benzene rings is 1. The van der Waals surface area contributed by atoms with Crippen LogP contribution in [0.3, 0.4) is 0 Å². The van der Waals surface area contributed by atoms with E-state index in [0.717, 1.165) is 5.56 Å². The zero-order valence-corrected chi connectivity index (χ0v) is 17.2. The summed E-state index contributed by atoms with van der Waals surface area (Å²) in [7, 11) is 0. The molecule has 0 spiro atoms. The van der Waals surface area contributed by atoms with E-state index in [0.29, 0.717) is 23.5 Å². The third kappa shape index (κ3) is 5.11. The van der Waals surface area contributed by atoms with Crippen molar-refractivity contribution in [3.05, 3.63) is 52.6 Å². The van der Waals surface area contributed by atoms with Gasteiger partial charge in [0.05, 0.1) is 23.0 Å². The average Bonchev–Trinajstić information content (AvgIpc) is 3.09. The van der Waals surface area contributed by atoms with Gasteiger partial charge in [0.2, 0.25) is 5.78 Å². The maximum atomic E-state index is 12.7. The molecule has 1 aromatic heterocycles. The predicted octanol–water partition coefficient (Wildman–Crippen LogP) is 1.22. The third-order valence-electron chi connectivity index (χ3n) is 4.67. The number of ketones is 1. The summed E-state index contributed by atoms with van der Waals surface area (Å²) in [6.07, 6.45) is 0.415. The Labute approximate surface area is 174 Å². The van der Waals surface area contributed by atoms with Crippen LogP contribution in [0.25, 0.3) is 0 Å². The van der Waals surface area contributed by atoms with Crippen LogP contribution in [-0.2, 0) is 28.9 Å². The molecular formula is C21H26N4O5. The van der Waals surface area contributed by atoms with Crippen LogP contribution in [0.5, 0.6) is 0 Å². The Morgan fingerprint density at radius 1 is 1.33 bits per heavy atom. The molecule has 9 nitrogen and oxygen atoms in total. The zero-order valence-electron chi connectivity index (χ0n) is 17.2. The molecule has 2 aromatic rings. The van der Waals surface area contributed by atoms with Crippen molar-refractivity contribution in [2.24, 2.45) is 5.73 Å². The molecule has 5 N–H and O–H groups in total. The third-order valence-corrected chi connectivity index (χ3v) is 4.67. The van der Waals surface area contributed by atoms with Crippen LogP contribution in [0.2, 0.25) is 0 Å². The Morgan fingerprint density at radius 2 is 2.07 bits per heavy atom. The number of ether oxygens (including phenoxy) is 1. The minimum atomic E-state index is -0.960. The second-order valence-electron chi connectivity index (χ2n) is 8.36. The van der Waals surface area contributed by atoms with E-state index in [1.54, 1.807) is 45.0 Å². The van der Waals surface area contributed by atoms with Gasteiger partial charge < -0.3 is 20.6 Å². The van der Waals surface area contributed by atoms with Crippen molar-refractivity contribution in [3.8, 4) is 0 Å². The number of nitrogens with two attached hydrogens (primary N) is 1. The van der Waals surface area contributed by atoms with Crippen molar-refractivity contribution in [1.29, 1.82) is 0 Å². The Hall–Kier alpha value is -3.04. The highest BCUT2D eigenvalue weighted by Crippen LogP contribution is 2.17. The molecule has 1 aliphatic rings. The fourth-order valence-corrected chi connectivity index (χ4v) is 3.23. The number of aliphatic carboxylic acids is 1. The number of fused-ring (bicyclic) bond motifs is 1. The minimum absolute atomic E-state index is 0.114. The molecule has 0 saturated heterocycles. The summed E-state index contributed by atoms with van der Waals surface area (Å²) in [6, 6.07) is 5.22. The molecule has 2 atom stereocenters. The van der Waals surface area contributed by atoms with Gasteiger partial charge in [0, 0.05) is 13.0 Å². The highest BCUT2D eigenvalue weighted by atomic mass is 16.6. The number of H-pyrrole nitrogens is 1. The Kier molecular flexibility index (Phi) is 6.04. The first-order valence-corrected chi connectivity index (χ1v) is 9.69. The van der Waals surface area contributed by atoms with E-state index < -0.39 is 29.6 Å². The van der Waals surface area contributed by atoms with Crippen LogP contribution in [0, 0.1) is 0 Å². The number of hydrogen-bond acceptors (Lipinski definition) is 7. The van der Waals surface area contributed by atoms with Gasteiger partial charge in [-0.25, -0.2) is 9.78 Å². The van der Waals surface area contributed by atoms with Gasteiger partial charge in [-0.1, -0.05) is 12.1 Å². The number of carboxylic acids is 1. The van der Waals surface area contributed by atoms with Gasteiger partial charge >= 0.3 is 11.9 Å². The fraction of sp³-hybridized carbons (Fsp3) is 0.429. The molecule has 0 amide bonds. The standard InChI is InChI=1S/C21H26N4O5/c1-21(2,3)30-20(29)12-6-4-5-11(7-12)8-13(22)17(26)18-24-14-9-15(19(27)28)23-10-16(14)25-18/h4-7,13,15,23H,8-10,22H2,1-3H3,(H,24,25)(H,27,28)/t13?,15-/m0/s1. The molecule has 0 fully saturated rings. The Morgan fingerprint density at radius 3 is 2.73 bits per heavy atom. The molecule has 160 valence electrons. The van der Waals surface area contributed by atoms with E-state index >= 15 is 0 Å². The molecular weight excluding hydrogens is 388 g/mol. The number of carbonyl (C=O) groups is 3.